The third-order valence-corrected chi connectivity index (χ3v) is 6.11. The number of hydrogen-bond donors (Lipinski definition) is 2. The second-order valence-corrected chi connectivity index (χ2v) is 8.76. The molecule has 154 valence electrons. The molecule has 0 bridgehead atoms. The number of aryl methyl sites for hydroxylation is 2. The van der Waals surface area contributed by atoms with Crippen LogP contribution >= 0.6 is 0 Å². The minimum absolute atomic E-state index is 0.00258. The number of nitrogens with one attached hydrogen (secondary N) is 2. The summed E-state index contributed by atoms with van der Waals surface area (Å²) in [6, 6.07) is 11.6. The van der Waals surface area contributed by atoms with Crippen molar-refractivity contribution in [3.8, 4) is 0 Å². The molecule has 2 N–H and O–H groups in total. The number of anilines is 1. The molecule has 2 aromatic rings. The Balaban J connectivity index is 1.63. The van der Waals surface area contributed by atoms with Gasteiger partial charge in [-0.15, -0.1) is 0 Å². The summed E-state index contributed by atoms with van der Waals surface area (Å²) < 4.78 is 32.4. The van der Waals surface area contributed by atoms with Gasteiger partial charge in [-0.1, -0.05) is 25.1 Å². The van der Waals surface area contributed by atoms with E-state index in [0.29, 0.717) is 11.3 Å². The third kappa shape index (κ3) is 5.65. The molecule has 0 saturated heterocycles. The standard InChI is InChI=1S/C21H24N2O5S/c1-3-15-5-4-6-17(11-15)22-20(24)13-28-21(25)19-12-18(10-7-14(19)2)29(26,27)23-16-8-9-16/h4-7,10-12,16,23H,3,8-9,13H2,1-2H3,(H,22,24). The highest BCUT2D eigenvalue weighted by Gasteiger charge is 2.28. The molecule has 0 atom stereocenters. The van der Waals surface area contributed by atoms with Gasteiger partial charge in [-0.25, -0.2) is 17.9 Å². The number of ether oxygens (including phenoxy) is 1. The van der Waals surface area contributed by atoms with E-state index in [1.165, 1.54) is 12.1 Å². The number of carbonyl (C=O) groups excluding carboxylic acids is 2. The number of hydrogen-bond acceptors (Lipinski definition) is 5. The minimum Gasteiger partial charge on any atom is -0.452 e. The predicted molar refractivity (Wildman–Crippen MR) is 109 cm³/mol. The van der Waals surface area contributed by atoms with Crippen LogP contribution in [-0.2, 0) is 26.0 Å². The van der Waals surface area contributed by atoms with Gasteiger partial charge in [0, 0.05) is 11.7 Å². The molecule has 2 aromatic carbocycles. The van der Waals surface area contributed by atoms with Crippen LogP contribution in [-0.4, -0.2) is 32.9 Å². The Morgan fingerprint density at radius 1 is 1.14 bits per heavy atom. The average Bonchev–Trinajstić information content (AvgIpc) is 3.49. The molecule has 0 heterocycles. The van der Waals surface area contributed by atoms with Crippen molar-refractivity contribution in [2.75, 3.05) is 11.9 Å². The number of rotatable bonds is 8. The van der Waals surface area contributed by atoms with Gasteiger partial charge >= 0.3 is 5.97 Å². The third-order valence-electron chi connectivity index (χ3n) is 4.59. The Labute approximate surface area is 170 Å². The fraction of sp³-hybridized carbons (Fsp3) is 0.333. The molecule has 0 aromatic heterocycles. The molecule has 1 amide bonds. The fourth-order valence-corrected chi connectivity index (χ4v) is 4.08. The summed E-state index contributed by atoms with van der Waals surface area (Å²) in [6.45, 7) is 3.23. The van der Waals surface area contributed by atoms with E-state index in [2.05, 4.69) is 10.0 Å². The van der Waals surface area contributed by atoms with Gasteiger partial charge in [0.15, 0.2) is 6.61 Å². The summed E-state index contributed by atoms with van der Waals surface area (Å²) in [5.74, 6) is -1.22. The lowest BCUT2D eigenvalue weighted by Crippen LogP contribution is -2.26. The van der Waals surface area contributed by atoms with Crippen LogP contribution in [0.5, 0.6) is 0 Å². The summed E-state index contributed by atoms with van der Waals surface area (Å²) in [4.78, 5) is 24.5. The number of sulfonamides is 1. The van der Waals surface area contributed by atoms with E-state index in [0.717, 1.165) is 24.8 Å². The Hall–Kier alpha value is -2.71. The molecular weight excluding hydrogens is 392 g/mol. The maximum absolute atomic E-state index is 12.4. The van der Waals surface area contributed by atoms with Gasteiger partial charge in [0.2, 0.25) is 10.0 Å². The Kier molecular flexibility index (Phi) is 6.34. The highest BCUT2D eigenvalue weighted by molar-refractivity contribution is 7.89. The van der Waals surface area contributed by atoms with Crippen molar-refractivity contribution in [3.05, 3.63) is 59.2 Å². The van der Waals surface area contributed by atoms with Gasteiger partial charge < -0.3 is 10.1 Å². The molecule has 3 rings (SSSR count). The van der Waals surface area contributed by atoms with Gasteiger partial charge in [0.1, 0.15) is 0 Å². The first kappa shape index (κ1) is 21.0. The predicted octanol–water partition coefficient (Wildman–Crippen LogP) is 2.79. The van der Waals surface area contributed by atoms with E-state index >= 15 is 0 Å². The summed E-state index contributed by atoms with van der Waals surface area (Å²) in [7, 11) is -3.69. The highest BCUT2D eigenvalue weighted by atomic mass is 32.2. The second-order valence-electron chi connectivity index (χ2n) is 7.05. The van der Waals surface area contributed by atoms with Crippen molar-refractivity contribution >= 4 is 27.6 Å². The second kappa shape index (κ2) is 8.75. The minimum atomic E-state index is -3.69. The molecule has 1 saturated carbocycles. The summed E-state index contributed by atoms with van der Waals surface area (Å²) >= 11 is 0. The van der Waals surface area contributed by atoms with E-state index in [1.54, 1.807) is 19.1 Å². The molecular formula is C21H24N2O5S. The highest BCUT2D eigenvalue weighted by Crippen LogP contribution is 2.23. The van der Waals surface area contributed by atoms with Crippen LogP contribution in [0.3, 0.4) is 0 Å². The largest absolute Gasteiger partial charge is 0.452 e. The maximum atomic E-state index is 12.4. The van der Waals surface area contributed by atoms with Crippen LogP contribution < -0.4 is 10.0 Å². The first-order valence-electron chi connectivity index (χ1n) is 9.47. The van der Waals surface area contributed by atoms with E-state index < -0.39 is 28.5 Å². The van der Waals surface area contributed by atoms with Gasteiger partial charge in [0.25, 0.3) is 5.91 Å². The number of carbonyl (C=O) groups is 2. The molecule has 29 heavy (non-hydrogen) atoms. The van der Waals surface area contributed by atoms with E-state index in [1.807, 2.05) is 25.1 Å². The number of esters is 1. The summed E-state index contributed by atoms with van der Waals surface area (Å²) in [5, 5.41) is 2.68. The van der Waals surface area contributed by atoms with Gasteiger partial charge in [-0.05, 0) is 61.6 Å². The number of benzene rings is 2. The Morgan fingerprint density at radius 3 is 2.59 bits per heavy atom. The Bertz CT molecular complexity index is 1030. The topological polar surface area (TPSA) is 102 Å². The molecule has 0 spiro atoms. The van der Waals surface area contributed by atoms with E-state index in [-0.39, 0.29) is 16.5 Å². The van der Waals surface area contributed by atoms with Crippen molar-refractivity contribution < 1.29 is 22.7 Å². The first-order valence-corrected chi connectivity index (χ1v) is 11.0. The first-order chi connectivity index (χ1) is 13.8. The quantitative estimate of drug-likeness (QED) is 0.645. The molecule has 8 heteroatoms. The van der Waals surface area contributed by atoms with Crippen LogP contribution in [0.1, 0.15) is 41.3 Å². The zero-order valence-electron chi connectivity index (χ0n) is 16.4. The molecule has 1 aliphatic rings. The monoisotopic (exact) mass is 416 g/mol. The van der Waals surface area contributed by atoms with Crippen molar-refractivity contribution in [1.29, 1.82) is 0 Å². The molecule has 0 unspecified atom stereocenters. The van der Waals surface area contributed by atoms with Crippen molar-refractivity contribution in [2.45, 2.75) is 44.0 Å². The number of amides is 1. The van der Waals surface area contributed by atoms with Crippen molar-refractivity contribution in [3.63, 3.8) is 0 Å². The fourth-order valence-electron chi connectivity index (χ4n) is 2.75. The van der Waals surface area contributed by atoms with Crippen LogP contribution in [0.2, 0.25) is 0 Å². The lowest BCUT2D eigenvalue weighted by molar-refractivity contribution is -0.119. The van der Waals surface area contributed by atoms with Crippen molar-refractivity contribution in [2.24, 2.45) is 0 Å². The van der Waals surface area contributed by atoms with Crippen LogP contribution in [0.15, 0.2) is 47.4 Å². The summed E-state index contributed by atoms with van der Waals surface area (Å²) in [5.41, 5.74) is 2.38. The Morgan fingerprint density at radius 2 is 1.90 bits per heavy atom. The van der Waals surface area contributed by atoms with E-state index in [4.69, 9.17) is 4.74 Å². The van der Waals surface area contributed by atoms with Crippen molar-refractivity contribution in [1.82, 2.24) is 4.72 Å². The zero-order valence-corrected chi connectivity index (χ0v) is 17.2. The van der Waals surface area contributed by atoms with Gasteiger partial charge in [-0.3, -0.25) is 4.79 Å². The van der Waals surface area contributed by atoms with E-state index in [9.17, 15) is 18.0 Å². The van der Waals surface area contributed by atoms with Crippen LogP contribution in [0.25, 0.3) is 0 Å². The maximum Gasteiger partial charge on any atom is 0.338 e. The molecule has 1 aliphatic carbocycles. The molecule has 0 aliphatic heterocycles. The van der Waals surface area contributed by atoms with Gasteiger partial charge in [-0.2, -0.15) is 0 Å². The van der Waals surface area contributed by atoms with Crippen LogP contribution in [0.4, 0.5) is 5.69 Å². The SMILES string of the molecule is CCc1cccc(NC(=O)COC(=O)c2cc(S(=O)(=O)NC3CC3)ccc2C)c1. The lowest BCUT2D eigenvalue weighted by Gasteiger charge is -2.11. The molecule has 7 nitrogen and oxygen atoms in total. The lowest BCUT2D eigenvalue weighted by atomic mass is 10.1. The molecule has 0 radical (unpaired) electrons. The smallest absolute Gasteiger partial charge is 0.338 e. The summed E-state index contributed by atoms with van der Waals surface area (Å²) in [6.07, 6.45) is 2.47. The van der Waals surface area contributed by atoms with Gasteiger partial charge in [0.05, 0.1) is 10.5 Å². The average molecular weight is 416 g/mol. The van der Waals surface area contributed by atoms with Crippen LogP contribution in [0, 0.1) is 6.92 Å². The zero-order chi connectivity index (χ0) is 21.0. The normalized spacial score (nSPS) is 13.7. The molecule has 1 fully saturated rings.